The zero-order valence-electron chi connectivity index (χ0n) is 15.4. The minimum absolute atomic E-state index is 0.879. The highest BCUT2D eigenvalue weighted by Gasteiger charge is 2.92. The second kappa shape index (κ2) is 8.67. The van der Waals surface area contributed by atoms with E-state index in [-0.39, 0.29) is 0 Å². The number of ether oxygens (including phenoxy) is 1. The van der Waals surface area contributed by atoms with E-state index in [1.165, 1.54) is 4.18 Å². The van der Waals surface area contributed by atoms with E-state index in [4.69, 9.17) is 0 Å². The molecule has 0 N–H and O–H groups in total. The molecule has 0 unspecified atom stereocenters. The Morgan fingerprint density at radius 3 is 0.973 bits per heavy atom. The van der Waals surface area contributed by atoms with Gasteiger partial charge in [0.25, 0.3) is 0 Å². The van der Waals surface area contributed by atoms with Crippen molar-refractivity contribution in [2.24, 2.45) is 0 Å². The van der Waals surface area contributed by atoms with Crippen LogP contribution in [-0.4, -0.2) is 68.0 Å². The Bertz CT molecular complexity index is 941. The molecular weight excluding hydrogens is 634 g/mol. The van der Waals surface area contributed by atoms with Crippen molar-refractivity contribution >= 4 is 10.1 Å². The molecule has 0 aliphatic heterocycles. The summed E-state index contributed by atoms with van der Waals surface area (Å²) in [4.78, 5) is 0. The maximum atomic E-state index is 13.2. The van der Waals surface area contributed by atoms with Crippen LogP contribution in [0.15, 0.2) is 0 Å². The van der Waals surface area contributed by atoms with Gasteiger partial charge in [0.2, 0.25) is 0 Å². The van der Waals surface area contributed by atoms with Gasteiger partial charge in [0.05, 0.1) is 0 Å². The lowest BCUT2D eigenvalue weighted by Crippen LogP contribution is -2.71. The van der Waals surface area contributed by atoms with Gasteiger partial charge >= 0.3 is 69.7 Å². The predicted octanol–water partition coefficient (Wildman–Crippen LogP) is 6.39. The minimum atomic E-state index is -8.94. The van der Waals surface area contributed by atoms with E-state index in [2.05, 4.69) is 0 Å². The molecule has 0 bridgehead atoms. The van der Waals surface area contributed by atoms with Crippen molar-refractivity contribution in [3.63, 3.8) is 0 Å². The maximum Gasteiger partial charge on any atom is 0.523 e. The average molecular weight is 634 g/mol. The fourth-order valence-corrected chi connectivity index (χ4v) is 1.93. The molecule has 0 saturated heterocycles. The molecule has 0 aromatic carbocycles. The molecule has 0 aliphatic rings. The highest BCUT2D eigenvalue weighted by molar-refractivity contribution is 7.87. The molecular formula is C10F22O4S. The molecule has 0 heterocycles. The summed E-state index contributed by atoms with van der Waals surface area (Å²) in [5.74, 6) is -43.4. The fourth-order valence-electron chi connectivity index (χ4n) is 1.45. The molecule has 27 heteroatoms. The fraction of sp³-hybridized carbons (Fsp3) is 1.00. The van der Waals surface area contributed by atoms with Gasteiger partial charge in [-0.15, -0.1) is 0 Å². The van der Waals surface area contributed by atoms with Crippen LogP contribution < -0.4 is 0 Å². The Kier molecular flexibility index (Phi) is 8.28. The molecule has 0 aliphatic carbocycles. The quantitative estimate of drug-likeness (QED) is 0.159. The lowest BCUT2D eigenvalue weighted by molar-refractivity contribution is -0.525. The third-order valence-electron chi connectivity index (χ3n) is 3.39. The minimum Gasteiger partial charge on any atom is -0.245 e. The van der Waals surface area contributed by atoms with Crippen LogP contribution in [0.5, 0.6) is 0 Å². The summed E-state index contributed by atoms with van der Waals surface area (Å²) in [5.41, 5.74) is -7.18. The van der Waals surface area contributed by atoms with E-state index in [0.717, 1.165) is 4.74 Å². The van der Waals surface area contributed by atoms with Crippen LogP contribution in [-0.2, 0) is 19.0 Å². The Balaban J connectivity index is 6.64. The molecule has 4 nitrogen and oxygen atoms in total. The van der Waals surface area contributed by atoms with Crippen LogP contribution in [0.3, 0.4) is 0 Å². The Labute approximate surface area is 185 Å². The molecule has 0 saturated carbocycles. The van der Waals surface area contributed by atoms with E-state index >= 15 is 0 Å². The Morgan fingerprint density at radius 2 is 0.676 bits per heavy atom. The standard InChI is InChI=1S/C10F22O4S/c11-1(12,3(15,16)6(21,22)23)2(13,14)4(17,18)7(24,25)35-8(26,27)5(19,20)9(28,29)36-37(33,34)10(30,31)32. The smallest absolute Gasteiger partial charge is 0.245 e. The maximum absolute atomic E-state index is 13.2. The van der Waals surface area contributed by atoms with Crippen molar-refractivity contribution in [1.29, 1.82) is 0 Å². The van der Waals surface area contributed by atoms with Crippen molar-refractivity contribution in [2.45, 2.75) is 59.6 Å². The molecule has 0 radical (unpaired) electrons. The van der Waals surface area contributed by atoms with Crippen LogP contribution in [0.2, 0.25) is 0 Å². The largest absolute Gasteiger partial charge is 0.523 e. The van der Waals surface area contributed by atoms with E-state index in [1.807, 2.05) is 0 Å². The van der Waals surface area contributed by atoms with Crippen molar-refractivity contribution in [2.75, 3.05) is 0 Å². The zero-order chi connectivity index (χ0) is 30.9. The second-order valence-electron chi connectivity index (χ2n) is 6.01. The summed E-state index contributed by atoms with van der Waals surface area (Å²) < 4.78 is 302. The van der Waals surface area contributed by atoms with Gasteiger partial charge in [-0.2, -0.15) is 109 Å². The number of rotatable bonds is 10. The Morgan fingerprint density at radius 1 is 0.378 bits per heavy atom. The SMILES string of the molecule is O=S(=O)(OC(F)(F)C(F)(F)C(F)(F)OC(F)(F)C(F)(F)C(F)(F)C(F)(F)C(F)(F)C(F)(F)F)C(F)(F)F. The summed E-state index contributed by atoms with van der Waals surface area (Å²) >= 11 is 0. The molecule has 37 heavy (non-hydrogen) atoms. The van der Waals surface area contributed by atoms with Crippen molar-refractivity contribution < 1.29 is 114 Å². The van der Waals surface area contributed by atoms with Gasteiger partial charge in [0.1, 0.15) is 0 Å². The van der Waals surface area contributed by atoms with E-state index in [0.29, 0.717) is 0 Å². The number of hydrogen-bond acceptors (Lipinski definition) is 4. The normalized spacial score (nSPS) is 16.8. The third kappa shape index (κ3) is 5.29. The highest BCUT2D eigenvalue weighted by atomic mass is 32.2. The molecule has 224 valence electrons. The first kappa shape index (κ1) is 35.3. The summed E-state index contributed by atoms with van der Waals surface area (Å²) in [6, 6.07) is 0. The second-order valence-corrected chi connectivity index (χ2v) is 7.54. The van der Waals surface area contributed by atoms with Gasteiger partial charge in [-0.05, 0) is 0 Å². The summed E-state index contributed by atoms with van der Waals surface area (Å²) in [6.07, 6.45) is -33.0. The van der Waals surface area contributed by atoms with Crippen molar-refractivity contribution in [1.82, 2.24) is 0 Å². The monoisotopic (exact) mass is 634 g/mol. The predicted molar refractivity (Wildman–Crippen MR) is 62.8 cm³/mol. The van der Waals surface area contributed by atoms with Crippen LogP contribution in [0.1, 0.15) is 0 Å². The number of hydrogen-bond donors (Lipinski definition) is 0. The molecule has 0 spiro atoms. The van der Waals surface area contributed by atoms with Crippen LogP contribution in [0, 0.1) is 0 Å². The molecule has 0 atom stereocenters. The van der Waals surface area contributed by atoms with Gasteiger partial charge in [0, 0.05) is 0 Å². The lowest BCUT2D eigenvalue weighted by Gasteiger charge is -2.40. The first-order valence-corrected chi connectivity index (χ1v) is 8.63. The average Bonchev–Trinajstić information content (AvgIpc) is 2.56. The topological polar surface area (TPSA) is 52.6 Å². The van der Waals surface area contributed by atoms with E-state index in [1.54, 1.807) is 0 Å². The van der Waals surface area contributed by atoms with Crippen molar-refractivity contribution in [3.8, 4) is 0 Å². The molecule has 0 rings (SSSR count). The molecule has 0 aromatic heterocycles. The number of alkyl halides is 22. The summed E-state index contributed by atoms with van der Waals surface area (Å²) in [5, 5.41) is 0. The van der Waals surface area contributed by atoms with Gasteiger partial charge in [-0.1, -0.05) is 0 Å². The highest BCUT2D eigenvalue weighted by Crippen LogP contribution is 2.62. The number of halogens is 22. The summed E-state index contributed by atoms with van der Waals surface area (Å²) in [7, 11) is -8.11. The first-order chi connectivity index (χ1) is 15.4. The first-order valence-electron chi connectivity index (χ1n) is 7.22. The molecule has 0 fully saturated rings. The van der Waals surface area contributed by atoms with E-state index < -0.39 is 69.7 Å². The Hall–Kier alpha value is -1.67. The van der Waals surface area contributed by atoms with Gasteiger partial charge < -0.3 is 0 Å². The van der Waals surface area contributed by atoms with E-state index in [9.17, 15) is 105 Å². The van der Waals surface area contributed by atoms with Crippen LogP contribution in [0.25, 0.3) is 0 Å². The van der Waals surface area contributed by atoms with Crippen LogP contribution in [0.4, 0.5) is 96.6 Å². The van der Waals surface area contributed by atoms with Gasteiger partial charge in [0.15, 0.2) is 0 Å². The van der Waals surface area contributed by atoms with Gasteiger partial charge in [-0.3, -0.25) is 0 Å². The van der Waals surface area contributed by atoms with Gasteiger partial charge in [-0.25, -0.2) is 4.74 Å². The zero-order valence-corrected chi connectivity index (χ0v) is 16.2. The summed E-state index contributed by atoms with van der Waals surface area (Å²) in [6.45, 7) is 0. The third-order valence-corrected chi connectivity index (χ3v) is 4.39. The lowest BCUT2D eigenvalue weighted by atomic mass is 9.97. The van der Waals surface area contributed by atoms with Crippen LogP contribution >= 0.6 is 0 Å². The molecule has 0 amide bonds. The van der Waals surface area contributed by atoms with Crippen molar-refractivity contribution in [3.05, 3.63) is 0 Å². The molecule has 0 aromatic rings.